The first kappa shape index (κ1) is 50.0. The zero-order valence-electron chi connectivity index (χ0n) is 46.5. The third-order valence-electron chi connectivity index (χ3n) is 15.8. The van der Waals surface area contributed by atoms with Crippen molar-refractivity contribution in [2.45, 2.75) is 105 Å². The second-order valence-corrected chi connectivity index (χ2v) is 26.3. The van der Waals surface area contributed by atoms with Gasteiger partial charge in [0, 0.05) is 49.8 Å². The van der Waals surface area contributed by atoms with E-state index in [2.05, 4.69) is 264 Å². The van der Waals surface area contributed by atoms with Crippen LogP contribution in [0, 0.1) is 0 Å². The van der Waals surface area contributed by atoms with E-state index in [1.807, 2.05) is 17.5 Å². The monoisotopic (exact) mass is 1020 g/mol. The molecule has 0 unspecified atom stereocenters. The quantitative estimate of drug-likeness (QED) is 0.187. The lowest BCUT2D eigenvalue weighted by Crippen LogP contribution is -2.17. The normalized spacial score (nSPS) is 12.7. The van der Waals surface area contributed by atoms with E-state index in [9.17, 15) is 5.11 Å². The molecule has 3 aromatic heterocycles. The zero-order chi connectivity index (χ0) is 53.9. The van der Waals surface area contributed by atoms with Gasteiger partial charge >= 0.3 is 0 Å². The first-order valence-electron chi connectivity index (χ1n) is 27.1. The number of hydrogen-bond donors (Lipinski definition) is 1. The molecule has 8 aromatic carbocycles. The van der Waals surface area contributed by atoms with Gasteiger partial charge in [-0.1, -0.05) is 217 Å². The Balaban J connectivity index is 1.14. The van der Waals surface area contributed by atoms with Crippen LogP contribution in [0.4, 0.5) is 0 Å². The molecule has 12 rings (SSSR count). The Labute approximate surface area is 458 Å². The summed E-state index contributed by atoms with van der Waals surface area (Å²) >= 11 is 1.85. The molecule has 77 heavy (non-hydrogen) atoms. The van der Waals surface area contributed by atoms with Gasteiger partial charge in [-0.3, -0.25) is 9.55 Å². The Bertz CT molecular complexity index is 4140. The molecule has 0 radical (unpaired) electrons. The Kier molecular flexibility index (Phi) is 11.8. The van der Waals surface area contributed by atoms with Crippen molar-refractivity contribution in [1.82, 2.24) is 14.5 Å². The maximum absolute atomic E-state index is 12.7. The molecule has 4 nitrogen and oxygen atoms in total. The summed E-state index contributed by atoms with van der Waals surface area (Å²) < 4.78 is 3.47. The van der Waals surface area contributed by atoms with Crippen molar-refractivity contribution in [3.05, 3.63) is 204 Å². The van der Waals surface area contributed by atoms with E-state index in [1.165, 1.54) is 60.3 Å². The third-order valence-corrected chi connectivity index (χ3v) is 17.0. The fourth-order valence-electron chi connectivity index (χ4n) is 11.5. The van der Waals surface area contributed by atoms with Gasteiger partial charge in [-0.2, -0.15) is 0 Å². The summed E-state index contributed by atoms with van der Waals surface area (Å²) in [6, 6.07) is 64.5. The largest absolute Gasteiger partial charge is 0.507 e. The van der Waals surface area contributed by atoms with Crippen LogP contribution in [0.1, 0.15) is 105 Å². The summed E-state index contributed by atoms with van der Waals surface area (Å²) in [4.78, 5) is 12.4. The zero-order valence-corrected chi connectivity index (χ0v) is 47.3. The van der Waals surface area contributed by atoms with Gasteiger partial charge in [-0.25, -0.2) is 4.98 Å². The van der Waals surface area contributed by atoms with Gasteiger partial charge in [0.1, 0.15) is 11.6 Å². The van der Waals surface area contributed by atoms with E-state index in [0.29, 0.717) is 11.4 Å². The topological polar surface area (TPSA) is 50.9 Å². The lowest BCUT2D eigenvalue weighted by molar-refractivity contribution is 0.446. The lowest BCUT2D eigenvalue weighted by atomic mass is 9.79. The molecule has 0 bridgehead atoms. The molecule has 1 aliphatic carbocycles. The fourth-order valence-corrected chi connectivity index (χ4v) is 12.8. The molecule has 0 spiro atoms. The molecule has 382 valence electrons. The van der Waals surface area contributed by atoms with E-state index in [4.69, 9.17) is 9.97 Å². The summed E-state index contributed by atoms with van der Waals surface area (Å²) in [5.74, 6) is 0.950. The molecule has 3 heterocycles. The Morgan fingerprint density at radius 2 is 0.974 bits per heavy atom. The van der Waals surface area contributed by atoms with Crippen molar-refractivity contribution in [1.29, 1.82) is 0 Å². The summed E-state index contributed by atoms with van der Waals surface area (Å²) in [6.45, 7) is 27.0. The van der Waals surface area contributed by atoms with Gasteiger partial charge in [0.15, 0.2) is 0 Å². The number of aromatic hydroxyl groups is 1. The van der Waals surface area contributed by atoms with E-state index < -0.39 is 0 Å². The minimum atomic E-state index is -0.343. The predicted octanol–water partition coefficient (Wildman–Crippen LogP) is 20.2. The van der Waals surface area contributed by atoms with Gasteiger partial charge in [-0.05, 0) is 120 Å². The van der Waals surface area contributed by atoms with Crippen molar-refractivity contribution in [3.8, 4) is 100 Å². The second-order valence-electron chi connectivity index (χ2n) is 25.2. The highest BCUT2D eigenvalue weighted by Crippen LogP contribution is 2.55. The number of hydrogen-bond acceptors (Lipinski definition) is 4. The first-order chi connectivity index (χ1) is 36.6. The van der Waals surface area contributed by atoms with E-state index in [-0.39, 0.29) is 27.4 Å². The van der Waals surface area contributed by atoms with Gasteiger partial charge < -0.3 is 5.11 Å². The first-order valence-corrected chi connectivity index (χ1v) is 27.9. The van der Waals surface area contributed by atoms with Gasteiger partial charge in [0.2, 0.25) is 0 Å². The maximum Gasteiger partial charge on any atom is 0.149 e. The standard InChI is InChI=1S/C72H67N3OS/c1-69(2,3)46-33-34-60(57(40-46)43-23-14-13-15-24-43)75-61-32-22-31-49(64(61)74-68(75)58-41-48(71(7,8)9)42-59(65(58)76)72(10,11)12)44-37-45(39-47(38-44)70(4,5)6)63-67-56(35-36-73-63)62-54-29-20-18-27-52(54)50-25-16-17-26-51(50)53-28-19-21-30-55(53)66(62)77-67/h13-42,76H,1-12H3. The average Bonchev–Trinajstić information content (AvgIpc) is 4.23. The molecule has 0 saturated carbocycles. The SMILES string of the molecule is CC(C)(C)c1cc(-c2cccc3c2nc(-c2cc(C(C)(C)C)cc(C(C)(C)C)c2O)n3-c2ccc(C(C)(C)C)cc2-c2ccccc2)cc(-c2nccc3c4c(sc23)-c2ccccc2-c2ccccc2-c2ccccc2-4)c1. The van der Waals surface area contributed by atoms with Crippen LogP contribution < -0.4 is 0 Å². The number of phenols is 1. The van der Waals surface area contributed by atoms with Crippen molar-refractivity contribution >= 4 is 32.5 Å². The minimum absolute atomic E-state index is 0.0904. The number of aromatic nitrogens is 3. The number of thiophene rings is 1. The highest BCUT2D eigenvalue weighted by atomic mass is 32.1. The maximum atomic E-state index is 12.7. The summed E-state index contributed by atoms with van der Waals surface area (Å²) in [7, 11) is 0. The minimum Gasteiger partial charge on any atom is -0.507 e. The second kappa shape index (κ2) is 18.1. The molecular formula is C72H67N3OS. The van der Waals surface area contributed by atoms with Crippen LogP contribution >= 0.6 is 11.3 Å². The van der Waals surface area contributed by atoms with Crippen LogP contribution in [0.5, 0.6) is 5.75 Å². The van der Waals surface area contributed by atoms with Crippen LogP contribution in [-0.2, 0) is 21.7 Å². The van der Waals surface area contributed by atoms with Gasteiger partial charge in [0.25, 0.3) is 0 Å². The van der Waals surface area contributed by atoms with E-state index >= 15 is 0 Å². The number of imidazole rings is 1. The van der Waals surface area contributed by atoms with Crippen LogP contribution in [0.2, 0.25) is 0 Å². The van der Waals surface area contributed by atoms with Crippen LogP contribution in [0.15, 0.2) is 182 Å². The lowest BCUT2D eigenvalue weighted by Gasteiger charge is -2.28. The number of benzene rings is 8. The fraction of sp³-hybridized carbons (Fsp3) is 0.222. The number of fused-ring (bicyclic) bond motifs is 11. The number of rotatable bonds is 5. The van der Waals surface area contributed by atoms with Crippen molar-refractivity contribution < 1.29 is 5.11 Å². The third kappa shape index (κ3) is 8.60. The Morgan fingerprint density at radius 3 is 1.61 bits per heavy atom. The smallest absolute Gasteiger partial charge is 0.149 e. The van der Waals surface area contributed by atoms with Gasteiger partial charge in [0.05, 0.1) is 32.7 Å². The van der Waals surface area contributed by atoms with Crippen LogP contribution in [0.3, 0.4) is 0 Å². The highest BCUT2D eigenvalue weighted by Gasteiger charge is 2.32. The molecule has 0 aliphatic heterocycles. The molecular weight excluding hydrogens is 955 g/mol. The Morgan fingerprint density at radius 1 is 0.429 bits per heavy atom. The van der Waals surface area contributed by atoms with Crippen LogP contribution in [0.25, 0.3) is 116 Å². The molecule has 0 saturated heterocycles. The van der Waals surface area contributed by atoms with Crippen molar-refractivity contribution in [3.63, 3.8) is 0 Å². The number of phenolic OH excluding ortho intramolecular Hbond substituents is 1. The molecule has 0 atom stereocenters. The molecule has 0 amide bonds. The molecule has 11 aromatic rings. The number of pyridine rings is 1. The van der Waals surface area contributed by atoms with Crippen LogP contribution in [-0.4, -0.2) is 19.6 Å². The van der Waals surface area contributed by atoms with E-state index in [0.717, 1.165) is 66.1 Å². The average molecular weight is 1020 g/mol. The van der Waals surface area contributed by atoms with Gasteiger partial charge in [-0.15, -0.1) is 11.3 Å². The molecule has 1 N–H and O–H groups in total. The summed E-state index contributed by atoms with van der Waals surface area (Å²) in [5.41, 5.74) is 22.1. The highest BCUT2D eigenvalue weighted by molar-refractivity contribution is 7.23. The molecule has 5 heteroatoms. The number of para-hydroxylation sites is 1. The Hall–Kier alpha value is -7.86. The predicted molar refractivity (Wildman–Crippen MR) is 328 cm³/mol. The molecule has 1 aliphatic rings. The summed E-state index contributed by atoms with van der Waals surface area (Å²) in [5, 5.41) is 13.9. The molecule has 0 fully saturated rings. The van der Waals surface area contributed by atoms with Crippen molar-refractivity contribution in [2.75, 3.05) is 0 Å². The number of nitrogens with zero attached hydrogens (tertiary/aromatic N) is 3. The summed E-state index contributed by atoms with van der Waals surface area (Å²) in [6.07, 6.45) is 2.00. The van der Waals surface area contributed by atoms with Crippen molar-refractivity contribution in [2.24, 2.45) is 0 Å². The van der Waals surface area contributed by atoms with E-state index in [1.54, 1.807) is 0 Å².